The number of nitrogens with zero attached hydrogens (tertiary/aromatic N) is 12. The van der Waals surface area contributed by atoms with E-state index in [0.717, 1.165) is 85.2 Å². The second-order valence-corrected chi connectivity index (χ2v) is 39.0. The average molecular weight is 2010 g/mol. The van der Waals surface area contributed by atoms with Crippen LogP contribution in [0.4, 0.5) is 33.5 Å². The lowest BCUT2D eigenvalue weighted by Crippen LogP contribution is -2.61. The number of hydrazone groups is 1. The molecule has 0 unspecified atom stereocenters. The number of nitrogens with one attached hydrogen (secondary N) is 3. The van der Waals surface area contributed by atoms with E-state index in [0.29, 0.717) is 134 Å². The number of nitrogens with two attached hydrogens (primary N) is 1. The summed E-state index contributed by atoms with van der Waals surface area (Å²) in [6, 6.07) is 73.7. The number of ether oxygens (including phenoxy) is 1. The molecule has 23 nitrogen and oxygen atoms in total. The average Bonchev–Trinajstić information content (AvgIpc) is 1.61. The first-order valence-corrected chi connectivity index (χ1v) is 48.2. The number of benzene rings is 10. The number of likely N-dealkylation sites (tertiary alicyclic amines) is 1. The van der Waals surface area contributed by atoms with E-state index in [2.05, 4.69) is 51.2 Å². The number of carbonyl (C=O) groups is 2. The zero-order valence-corrected chi connectivity index (χ0v) is 80.2. The SMILES string of the molecule is CCNC1(C(N)=O)CCN(c2ncnc3c2nc(-c2ccccc2Cl)n3-c2ccc(Cl)cc2)CC1.CN=C(NS(=O)(=O)c1ccc(Cl)cc1)N1C[C@H](c2ccccc2)C(c2ccc(Cl)cc2)=N1.CS(=O)(=O)N(c1cc(F)cc(F)c1)C1CN(C(c2ccc(Cl)cc2)c2ccc(Cl)cc2)C1.C[C@H](NC(=O)C(C)(C)Oc1ccc(C(F)(F)F)cn1)[C@@H](Cc1ccc(Cl)cc1)c1cccc(C#N)c1. The number of anilines is 2. The number of primary amides is 1. The fourth-order valence-electron chi connectivity index (χ4n) is 16.0. The van der Waals surface area contributed by atoms with Gasteiger partial charge < -0.3 is 26.0 Å². The number of sulfonamides is 2. The third-order valence-corrected chi connectivity index (χ3v) is 27.2. The van der Waals surface area contributed by atoms with Gasteiger partial charge in [0.25, 0.3) is 15.9 Å². The highest BCUT2D eigenvalue weighted by Crippen LogP contribution is 2.41. The molecule has 10 aromatic carbocycles. The van der Waals surface area contributed by atoms with Crippen molar-refractivity contribution in [2.75, 3.05) is 61.8 Å². The van der Waals surface area contributed by atoms with Crippen molar-refractivity contribution in [1.82, 2.24) is 49.8 Å². The number of guanidine groups is 1. The summed E-state index contributed by atoms with van der Waals surface area (Å²) in [5.41, 5.74) is 12.8. The molecule has 0 spiro atoms. The number of rotatable bonds is 24. The zero-order chi connectivity index (χ0) is 96.8. The number of hydrogen-bond acceptors (Lipinski definition) is 17. The first-order chi connectivity index (χ1) is 64.3. The van der Waals surface area contributed by atoms with E-state index in [1.807, 2.05) is 164 Å². The Morgan fingerprint density at radius 3 is 1.78 bits per heavy atom. The number of halogens is 12. The highest BCUT2D eigenvalue weighted by Gasteiger charge is 2.44. The Labute approximate surface area is 813 Å². The van der Waals surface area contributed by atoms with Crippen LogP contribution in [0.3, 0.4) is 0 Å². The molecule has 5 N–H and O–H groups in total. The molecule has 6 heterocycles. The van der Waals surface area contributed by atoms with Crippen LogP contribution in [0.25, 0.3) is 28.2 Å². The van der Waals surface area contributed by atoms with Gasteiger partial charge in [-0.3, -0.25) is 28.4 Å². The van der Waals surface area contributed by atoms with Gasteiger partial charge in [0.05, 0.1) is 63.4 Å². The summed E-state index contributed by atoms with van der Waals surface area (Å²) in [6.45, 7) is 9.93. The third kappa shape index (κ3) is 25.1. The Hall–Kier alpha value is -11.8. The van der Waals surface area contributed by atoms with Crippen LogP contribution in [0.2, 0.25) is 35.2 Å². The highest BCUT2D eigenvalue weighted by molar-refractivity contribution is 7.92. The van der Waals surface area contributed by atoms with Crippen molar-refractivity contribution >= 4 is 147 Å². The lowest BCUT2D eigenvalue weighted by molar-refractivity contribution is -0.138. The van der Waals surface area contributed by atoms with Crippen LogP contribution in [0, 0.1) is 23.0 Å². The zero-order valence-electron chi connectivity index (χ0n) is 73.3. The minimum atomic E-state index is -4.52. The lowest BCUT2D eigenvalue weighted by Gasteiger charge is -2.48. The number of likely N-dealkylation sites (N-methyl/N-ethyl adjacent to an activating group) is 1. The maximum atomic E-state index is 13.8. The van der Waals surface area contributed by atoms with Crippen LogP contribution in [0.15, 0.2) is 282 Å². The molecule has 3 atom stereocenters. The van der Waals surface area contributed by atoms with Crippen molar-refractivity contribution in [2.45, 2.75) is 99.1 Å². The van der Waals surface area contributed by atoms with Crippen LogP contribution >= 0.6 is 81.2 Å². The summed E-state index contributed by atoms with van der Waals surface area (Å²) >= 11 is 42.8. The number of aliphatic imine (C=N–C) groups is 1. The molecule has 135 heavy (non-hydrogen) atoms. The maximum Gasteiger partial charge on any atom is 0.417 e. The Morgan fingerprint density at radius 1 is 0.674 bits per heavy atom. The van der Waals surface area contributed by atoms with Crippen LogP contribution in [0.5, 0.6) is 5.88 Å². The fraction of sp³-hybridized carbons (Fsp3) is 0.235. The van der Waals surface area contributed by atoms with E-state index in [9.17, 15) is 53.6 Å². The van der Waals surface area contributed by atoms with E-state index >= 15 is 0 Å². The van der Waals surface area contributed by atoms with Crippen molar-refractivity contribution in [3.8, 4) is 29.0 Å². The minimum Gasteiger partial charge on any atom is -0.462 e. The van der Waals surface area contributed by atoms with Crippen LogP contribution in [0.1, 0.15) is 103 Å². The number of fused-ring (bicyclic) bond motifs is 1. The number of hydrogen-bond donors (Lipinski definition) is 4. The van der Waals surface area contributed by atoms with Crippen molar-refractivity contribution < 1.29 is 53.1 Å². The monoisotopic (exact) mass is 2010 g/mol. The molecule has 2 saturated heterocycles. The molecule has 3 aliphatic rings. The molecular weight excluding hydrogens is 1920 g/mol. The van der Waals surface area contributed by atoms with Gasteiger partial charge in [0.1, 0.15) is 29.3 Å². The molecule has 700 valence electrons. The number of carbonyl (C=O) groups excluding carboxylic acids is 2. The maximum absolute atomic E-state index is 13.8. The van der Waals surface area contributed by atoms with E-state index in [-0.39, 0.29) is 52.2 Å². The van der Waals surface area contributed by atoms with Crippen LogP contribution in [-0.2, 0) is 42.2 Å². The molecule has 0 saturated carbocycles. The number of imidazole rings is 1. The summed E-state index contributed by atoms with van der Waals surface area (Å²) < 4.78 is 128. The fourth-order valence-corrected chi connectivity index (χ4v) is 19.2. The molecule has 3 aliphatic heterocycles. The topological polar surface area (TPSA) is 292 Å². The highest BCUT2D eigenvalue weighted by atomic mass is 35.5. The molecule has 0 radical (unpaired) electrons. The molecule has 0 aliphatic carbocycles. The number of piperidine rings is 1. The second-order valence-electron chi connectivity index (χ2n) is 32.4. The van der Waals surface area contributed by atoms with Crippen molar-refractivity contribution in [3.63, 3.8) is 0 Å². The van der Waals surface area contributed by atoms with Gasteiger partial charge in [0.15, 0.2) is 22.6 Å². The van der Waals surface area contributed by atoms with E-state index in [1.54, 1.807) is 65.9 Å². The third-order valence-electron chi connectivity index (χ3n) is 22.8. The first-order valence-electron chi connectivity index (χ1n) is 42.3. The van der Waals surface area contributed by atoms with Crippen molar-refractivity contribution in [1.29, 1.82) is 5.26 Å². The predicted molar refractivity (Wildman–Crippen MR) is 523 cm³/mol. The van der Waals surface area contributed by atoms with Gasteiger partial charge in [-0.05, 0) is 219 Å². The summed E-state index contributed by atoms with van der Waals surface area (Å²) in [4.78, 5) is 51.7. The van der Waals surface area contributed by atoms with Gasteiger partial charge in [-0.15, -0.1) is 0 Å². The molecule has 0 bridgehead atoms. The first kappa shape index (κ1) is 101. The van der Waals surface area contributed by atoms with Gasteiger partial charge in [0, 0.05) is 111 Å². The number of pyridine rings is 1. The number of alkyl halides is 3. The Kier molecular flexibility index (Phi) is 32.7. The second kappa shape index (κ2) is 43.9. The normalized spacial score (nSPS) is 15.1. The van der Waals surface area contributed by atoms with Gasteiger partial charge in [-0.25, -0.2) is 55.3 Å². The van der Waals surface area contributed by atoms with Crippen LogP contribution in [-0.4, -0.2) is 151 Å². The van der Waals surface area contributed by atoms with E-state index in [1.165, 1.54) is 45.2 Å². The summed E-state index contributed by atoms with van der Waals surface area (Å²) in [5, 5.41) is 26.1. The van der Waals surface area contributed by atoms with E-state index in [4.69, 9.17) is 102 Å². The van der Waals surface area contributed by atoms with Crippen molar-refractivity contribution in [3.05, 3.63) is 359 Å². The Bertz CT molecular complexity index is 6650. The molecule has 13 aromatic rings. The Balaban J connectivity index is 0.000000153. The van der Waals surface area contributed by atoms with Gasteiger partial charge in [-0.1, -0.05) is 191 Å². The predicted octanol–water partition coefficient (Wildman–Crippen LogP) is 20.8. The molecular formula is C98H90Cl7F5N16O7S2. The molecule has 2 amide bonds. The lowest BCUT2D eigenvalue weighted by atomic mass is 9.85. The largest absolute Gasteiger partial charge is 0.462 e. The summed E-state index contributed by atoms with van der Waals surface area (Å²) in [7, 11) is -6.11. The van der Waals surface area contributed by atoms with Gasteiger partial charge >= 0.3 is 6.18 Å². The van der Waals surface area contributed by atoms with Crippen LogP contribution < -0.4 is 35.0 Å². The number of aromatic nitrogens is 5. The molecule has 2 fully saturated rings. The molecule has 3 aromatic heterocycles. The molecule has 16 rings (SSSR count). The smallest absolute Gasteiger partial charge is 0.417 e. The molecule has 37 heteroatoms. The number of nitriles is 1. The summed E-state index contributed by atoms with van der Waals surface area (Å²) in [5.74, 6) is -1.31. The standard InChI is InChI=1S/C27H25ClF3N3O2.C25H25Cl2N7O.C23H20Cl2F2N2O2S.C23H20Cl2N4O2S/c1-17(34-25(35)26(2,3)36-24-12-9-21(16-33-24)27(29,30)31)23(14-18-7-10-22(28)11-8-18)20-6-4-5-19(13-20)15-32;1-2-31-25(24(28)35)11-13-33(14-12-25)22-20-23(30-15-29-22)34(17-9-7-16(26)8-10-17)21(32-20)18-5-3-4-6-19(18)27;1-32(30,31)29(21-11-19(26)10-20(27)12-21)22-13-28(14-22)23(15-2-6-17(24)7-3-15)16-4-8-18(25)9-5-16;1-26-23(28-32(30,31)20-13-11-19(25)12-14-20)29-15-21(16-5-3-2-4-6-16)22(27-29)17-7-9-18(24)10-8-17/h4-13,16-17,23H,14H2,1-3H3,(H,34,35);3-10,15,31H,2,11-14H2,1H3,(H2,28,35);2-12,22-23H,13-14H2,1H3;2-14,21H,15H2,1H3,(H,26,28)/t17-,23+;;;21-/m0..1/s1. The summed E-state index contributed by atoms with van der Waals surface area (Å²) in [6.07, 6.45) is 0.450. The quantitative estimate of drug-likeness (QED) is 0.0248. The van der Waals surface area contributed by atoms with Gasteiger partial charge in [0.2, 0.25) is 27.8 Å². The van der Waals surface area contributed by atoms with Gasteiger partial charge in [-0.2, -0.15) is 23.5 Å². The Morgan fingerprint density at radius 2 is 1.24 bits per heavy atom. The van der Waals surface area contributed by atoms with E-state index < -0.39 is 66.5 Å². The minimum absolute atomic E-state index is 0.0239. The number of amides is 2. The van der Waals surface area contributed by atoms with Crippen molar-refractivity contribution in [2.24, 2.45) is 15.8 Å².